The van der Waals surface area contributed by atoms with Crippen LogP contribution in [0.4, 0.5) is 4.39 Å². The Hall–Kier alpha value is -2.74. The summed E-state index contributed by atoms with van der Waals surface area (Å²) < 4.78 is 20.6. The molecule has 0 unspecified atom stereocenters. The second-order valence-corrected chi connectivity index (χ2v) is 6.76. The van der Waals surface area contributed by atoms with Crippen LogP contribution in [0.15, 0.2) is 30.3 Å². The molecular weight excluding hydrogens is 357 g/mol. The molecule has 1 aromatic carbocycles. The lowest BCUT2D eigenvalue weighted by atomic mass is 10.1. The number of halogens is 1. The van der Waals surface area contributed by atoms with Gasteiger partial charge in [-0.1, -0.05) is 12.1 Å². The van der Waals surface area contributed by atoms with Crippen molar-refractivity contribution in [2.24, 2.45) is 7.05 Å². The quantitative estimate of drug-likeness (QED) is 0.696. The fraction of sp³-hybridized carbons (Fsp3) is 0.278. The zero-order chi connectivity index (χ0) is 18.8. The zero-order valence-electron chi connectivity index (χ0n) is 14.6. The maximum Gasteiger partial charge on any atom is 0.328 e. The molecule has 1 N–H and O–H groups in total. The van der Waals surface area contributed by atoms with E-state index in [-0.39, 0.29) is 18.3 Å². The molecule has 0 bridgehead atoms. The molecule has 3 aromatic rings. The van der Waals surface area contributed by atoms with Gasteiger partial charge in [0.2, 0.25) is 0 Å². The second-order valence-electron chi connectivity index (χ2n) is 5.73. The SMILES string of the molecule is CCOC(=O)[C@@H](C)NC(=O)c1cc2c(-c3ccccc3F)nn(C)c2s1. The van der Waals surface area contributed by atoms with Crippen LogP contribution >= 0.6 is 11.3 Å². The van der Waals surface area contributed by atoms with Gasteiger partial charge in [0.1, 0.15) is 22.4 Å². The van der Waals surface area contributed by atoms with Crippen molar-refractivity contribution in [1.29, 1.82) is 0 Å². The number of benzene rings is 1. The standard InChI is InChI=1S/C18H18FN3O3S/c1-4-25-18(24)10(2)20-16(23)14-9-12-15(21-22(3)17(12)26-14)11-7-5-6-8-13(11)19/h5-10H,4H2,1-3H3,(H,20,23)/t10-/m1/s1. The Bertz CT molecular complexity index is 979. The van der Waals surface area contributed by atoms with Crippen molar-refractivity contribution < 1.29 is 18.7 Å². The summed E-state index contributed by atoms with van der Waals surface area (Å²) in [6, 6.07) is 7.29. The van der Waals surface area contributed by atoms with Gasteiger partial charge in [-0.15, -0.1) is 11.3 Å². The van der Waals surface area contributed by atoms with Gasteiger partial charge >= 0.3 is 5.97 Å². The van der Waals surface area contributed by atoms with Crippen molar-refractivity contribution in [3.63, 3.8) is 0 Å². The van der Waals surface area contributed by atoms with Gasteiger partial charge in [0.05, 0.1) is 11.5 Å². The Labute approximate surface area is 153 Å². The van der Waals surface area contributed by atoms with Crippen LogP contribution in [0.25, 0.3) is 21.5 Å². The fourth-order valence-electron chi connectivity index (χ4n) is 2.60. The van der Waals surface area contributed by atoms with Crippen molar-refractivity contribution >= 4 is 33.4 Å². The smallest absolute Gasteiger partial charge is 0.328 e. The first-order valence-electron chi connectivity index (χ1n) is 8.11. The van der Waals surface area contributed by atoms with Crippen LogP contribution < -0.4 is 5.32 Å². The van der Waals surface area contributed by atoms with Crippen molar-refractivity contribution in [2.75, 3.05) is 6.61 Å². The van der Waals surface area contributed by atoms with Gasteiger partial charge in [0, 0.05) is 18.0 Å². The molecule has 1 atom stereocenters. The number of nitrogens with one attached hydrogen (secondary N) is 1. The van der Waals surface area contributed by atoms with Crippen LogP contribution in [0.5, 0.6) is 0 Å². The third kappa shape index (κ3) is 3.32. The average Bonchev–Trinajstić information content (AvgIpc) is 3.16. The topological polar surface area (TPSA) is 73.2 Å². The third-order valence-electron chi connectivity index (χ3n) is 3.85. The van der Waals surface area contributed by atoms with Crippen LogP contribution in [0.2, 0.25) is 0 Å². The van der Waals surface area contributed by atoms with Gasteiger partial charge in [0.15, 0.2) is 0 Å². The van der Waals surface area contributed by atoms with E-state index >= 15 is 0 Å². The Morgan fingerprint density at radius 3 is 2.81 bits per heavy atom. The Balaban J connectivity index is 1.93. The van der Waals surface area contributed by atoms with E-state index in [0.717, 1.165) is 4.83 Å². The summed E-state index contributed by atoms with van der Waals surface area (Å²) in [6.07, 6.45) is 0. The first kappa shape index (κ1) is 18.1. The van der Waals surface area contributed by atoms with Gasteiger partial charge in [-0.2, -0.15) is 5.10 Å². The van der Waals surface area contributed by atoms with Crippen LogP contribution in [-0.4, -0.2) is 34.3 Å². The molecule has 0 fully saturated rings. The predicted molar refractivity (Wildman–Crippen MR) is 97.5 cm³/mol. The molecule has 2 heterocycles. The number of carbonyl (C=O) groups is 2. The minimum Gasteiger partial charge on any atom is -0.464 e. The lowest BCUT2D eigenvalue weighted by Crippen LogP contribution is -2.39. The second kappa shape index (κ2) is 7.25. The first-order valence-corrected chi connectivity index (χ1v) is 8.93. The van der Waals surface area contributed by atoms with Crippen molar-refractivity contribution in [2.45, 2.75) is 19.9 Å². The lowest BCUT2D eigenvalue weighted by molar-refractivity contribution is -0.144. The summed E-state index contributed by atoms with van der Waals surface area (Å²) in [5.74, 6) is -1.25. The molecule has 0 saturated carbocycles. The van der Waals surface area contributed by atoms with Crippen molar-refractivity contribution in [3.05, 3.63) is 41.0 Å². The average molecular weight is 375 g/mol. The Morgan fingerprint density at radius 1 is 1.38 bits per heavy atom. The largest absolute Gasteiger partial charge is 0.464 e. The van der Waals surface area contributed by atoms with Crippen molar-refractivity contribution in [3.8, 4) is 11.3 Å². The normalized spacial score (nSPS) is 12.2. The molecule has 136 valence electrons. The minimum absolute atomic E-state index is 0.250. The van der Waals surface area contributed by atoms with Gasteiger partial charge in [0.25, 0.3) is 5.91 Å². The van der Waals surface area contributed by atoms with E-state index < -0.39 is 12.0 Å². The number of amides is 1. The number of aryl methyl sites for hydroxylation is 1. The lowest BCUT2D eigenvalue weighted by Gasteiger charge is -2.11. The van der Waals surface area contributed by atoms with E-state index in [1.165, 1.54) is 17.4 Å². The molecule has 2 aromatic heterocycles. The monoisotopic (exact) mass is 375 g/mol. The molecule has 0 aliphatic carbocycles. The van der Waals surface area contributed by atoms with E-state index in [9.17, 15) is 14.0 Å². The molecule has 6 nitrogen and oxygen atoms in total. The summed E-state index contributed by atoms with van der Waals surface area (Å²) in [5, 5.41) is 7.68. The van der Waals surface area contributed by atoms with Crippen LogP contribution in [0.3, 0.4) is 0 Å². The number of thiophene rings is 1. The predicted octanol–water partition coefficient (Wildman–Crippen LogP) is 3.12. The number of ether oxygens (including phenoxy) is 1. The minimum atomic E-state index is -0.753. The number of hydrogen-bond donors (Lipinski definition) is 1. The van der Waals surface area contributed by atoms with Gasteiger partial charge in [-0.3, -0.25) is 9.48 Å². The summed E-state index contributed by atoms with van der Waals surface area (Å²) in [4.78, 5) is 25.3. The number of rotatable bonds is 5. The highest BCUT2D eigenvalue weighted by Gasteiger charge is 2.22. The summed E-state index contributed by atoms with van der Waals surface area (Å²) in [7, 11) is 1.74. The van der Waals surface area contributed by atoms with Crippen LogP contribution in [0.1, 0.15) is 23.5 Å². The molecule has 0 aliphatic rings. The molecule has 8 heteroatoms. The van der Waals surface area contributed by atoms with Gasteiger partial charge in [-0.05, 0) is 32.0 Å². The molecule has 26 heavy (non-hydrogen) atoms. The number of aromatic nitrogens is 2. The van der Waals surface area contributed by atoms with E-state index in [1.54, 1.807) is 49.8 Å². The molecular formula is C18H18FN3O3S. The highest BCUT2D eigenvalue weighted by Crippen LogP contribution is 2.34. The van der Waals surface area contributed by atoms with Crippen LogP contribution in [0, 0.1) is 5.82 Å². The summed E-state index contributed by atoms with van der Waals surface area (Å²) >= 11 is 1.23. The van der Waals surface area contributed by atoms with Crippen molar-refractivity contribution in [1.82, 2.24) is 15.1 Å². The molecule has 0 saturated heterocycles. The van der Waals surface area contributed by atoms with E-state index in [2.05, 4.69) is 10.4 Å². The Kier molecular flexibility index (Phi) is 5.03. The number of nitrogens with zero attached hydrogens (tertiary/aromatic N) is 2. The van der Waals surface area contributed by atoms with E-state index in [0.29, 0.717) is 21.5 Å². The van der Waals surface area contributed by atoms with Gasteiger partial charge in [-0.25, -0.2) is 9.18 Å². The summed E-state index contributed by atoms with van der Waals surface area (Å²) in [5.41, 5.74) is 0.858. The Morgan fingerprint density at radius 2 is 2.12 bits per heavy atom. The number of esters is 1. The highest BCUT2D eigenvalue weighted by atomic mass is 32.1. The van der Waals surface area contributed by atoms with E-state index in [4.69, 9.17) is 4.74 Å². The highest BCUT2D eigenvalue weighted by molar-refractivity contribution is 7.20. The fourth-order valence-corrected chi connectivity index (χ4v) is 3.57. The maximum absolute atomic E-state index is 14.1. The number of hydrogen-bond acceptors (Lipinski definition) is 5. The molecule has 1 amide bonds. The zero-order valence-corrected chi connectivity index (χ0v) is 15.4. The molecule has 0 aliphatic heterocycles. The molecule has 3 rings (SSSR count). The van der Waals surface area contributed by atoms with Gasteiger partial charge < -0.3 is 10.1 Å². The van der Waals surface area contributed by atoms with E-state index in [1.807, 2.05) is 0 Å². The van der Waals surface area contributed by atoms with Crippen LogP contribution in [-0.2, 0) is 16.6 Å². The summed E-state index contributed by atoms with van der Waals surface area (Å²) in [6.45, 7) is 3.52. The first-order chi connectivity index (χ1) is 12.4. The molecule has 0 spiro atoms. The molecule has 0 radical (unpaired) electrons. The maximum atomic E-state index is 14.1. The number of fused-ring (bicyclic) bond motifs is 1. The number of carbonyl (C=O) groups excluding carboxylic acids is 2. The third-order valence-corrected chi connectivity index (χ3v) is 5.05.